The molecule has 0 aliphatic heterocycles. The molecule has 0 aromatic carbocycles. The zero-order valence-electron chi connectivity index (χ0n) is 8.16. The summed E-state index contributed by atoms with van der Waals surface area (Å²) in [4.78, 5) is 0. The van der Waals surface area contributed by atoms with Crippen LogP contribution < -0.4 is 5.73 Å². The number of hydrogen-bond acceptors (Lipinski definition) is 3. The summed E-state index contributed by atoms with van der Waals surface area (Å²) in [6.07, 6.45) is 1.39. The van der Waals surface area contributed by atoms with Gasteiger partial charge in [0.2, 0.25) is 0 Å². The molecule has 74 valence electrons. The van der Waals surface area contributed by atoms with Gasteiger partial charge < -0.3 is 10.8 Å². The van der Waals surface area contributed by atoms with E-state index in [1.165, 1.54) is 0 Å². The lowest BCUT2D eigenvalue weighted by atomic mass is 9.86. The highest BCUT2D eigenvalue weighted by molar-refractivity contribution is 7.07. The van der Waals surface area contributed by atoms with Crippen molar-refractivity contribution in [2.45, 2.75) is 38.3 Å². The van der Waals surface area contributed by atoms with Gasteiger partial charge in [0.1, 0.15) is 0 Å². The van der Waals surface area contributed by atoms with E-state index in [1.807, 2.05) is 30.7 Å². The summed E-state index contributed by atoms with van der Waals surface area (Å²) in [6.45, 7) is 3.94. The van der Waals surface area contributed by atoms with Gasteiger partial charge in [-0.25, -0.2) is 0 Å². The van der Waals surface area contributed by atoms with Gasteiger partial charge in [0.05, 0.1) is 11.6 Å². The van der Waals surface area contributed by atoms with Crippen LogP contribution in [0.3, 0.4) is 0 Å². The number of nitrogens with two attached hydrogens (primary N) is 1. The molecule has 0 bridgehead atoms. The quantitative estimate of drug-likeness (QED) is 0.781. The standard InChI is InChI=1S/C10H17NOS/c1-3-10(12,4-2)9(11)8-5-6-13-7-8/h5-7,9,12H,3-4,11H2,1-2H3. The number of rotatable bonds is 4. The normalized spacial score (nSPS) is 14.5. The minimum atomic E-state index is -0.749. The molecular weight excluding hydrogens is 182 g/mol. The zero-order valence-corrected chi connectivity index (χ0v) is 8.97. The van der Waals surface area contributed by atoms with Crippen molar-refractivity contribution in [3.05, 3.63) is 22.4 Å². The smallest absolute Gasteiger partial charge is 0.0834 e. The predicted molar refractivity (Wildman–Crippen MR) is 56.8 cm³/mol. The van der Waals surface area contributed by atoms with Gasteiger partial charge >= 0.3 is 0 Å². The van der Waals surface area contributed by atoms with E-state index in [1.54, 1.807) is 11.3 Å². The maximum atomic E-state index is 10.1. The van der Waals surface area contributed by atoms with Crippen LogP contribution in [0.4, 0.5) is 0 Å². The molecule has 0 aliphatic rings. The Bertz CT molecular complexity index is 241. The summed E-state index contributed by atoms with van der Waals surface area (Å²) in [5, 5.41) is 14.1. The van der Waals surface area contributed by atoms with E-state index >= 15 is 0 Å². The Kier molecular flexibility index (Phi) is 3.47. The fourth-order valence-corrected chi connectivity index (χ4v) is 2.15. The summed E-state index contributed by atoms with van der Waals surface area (Å²) in [5.74, 6) is 0. The van der Waals surface area contributed by atoms with E-state index in [4.69, 9.17) is 5.73 Å². The molecule has 0 saturated carbocycles. The SMILES string of the molecule is CCC(O)(CC)C(N)c1ccsc1. The van der Waals surface area contributed by atoms with Crippen molar-refractivity contribution in [2.75, 3.05) is 0 Å². The van der Waals surface area contributed by atoms with Gasteiger partial charge in [-0.2, -0.15) is 11.3 Å². The lowest BCUT2D eigenvalue weighted by Crippen LogP contribution is -2.39. The second kappa shape index (κ2) is 4.22. The largest absolute Gasteiger partial charge is 0.388 e. The third-order valence-electron chi connectivity index (χ3n) is 2.71. The first-order valence-electron chi connectivity index (χ1n) is 4.64. The molecule has 1 atom stereocenters. The molecule has 3 heteroatoms. The molecule has 1 aromatic heterocycles. The average molecular weight is 199 g/mol. The second-order valence-corrected chi connectivity index (χ2v) is 4.13. The minimum absolute atomic E-state index is 0.256. The Hall–Kier alpha value is -0.380. The van der Waals surface area contributed by atoms with Crippen LogP contribution in [-0.2, 0) is 0 Å². The Labute approximate surface area is 83.4 Å². The highest BCUT2D eigenvalue weighted by atomic mass is 32.1. The van der Waals surface area contributed by atoms with E-state index in [0.717, 1.165) is 5.56 Å². The summed E-state index contributed by atoms with van der Waals surface area (Å²) in [6, 6.07) is 1.72. The van der Waals surface area contributed by atoms with Crippen molar-refractivity contribution in [1.82, 2.24) is 0 Å². The van der Waals surface area contributed by atoms with Crippen molar-refractivity contribution >= 4 is 11.3 Å². The van der Waals surface area contributed by atoms with Crippen LogP contribution in [0.5, 0.6) is 0 Å². The van der Waals surface area contributed by atoms with E-state index < -0.39 is 5.60 Å². The third-order valence-corrected chi connectivity index (χ3v) is 3.41. The molecule has 0 amide bonds. The molecule has 3 N–H and O–H groups in total. The third kappa shape index (κ3) is 2.10. The maximum absolute atomic E-state index is 10.1. The Morgan fingerprint density at radius 3 is 2.54 bits per heavy atom. The Morgan fingerprint density at radius 1 is 1.54 bits per heavy atom. The molecule has 1 rings (SSSR count). The molecule has 0 radical (unpaired) electrons. The van der Waals surface area contributed by atoms with Crippen molar-refractivity contribution in [3.8, 4) is 0 Å². The van der Waals surface area contributed by atoms with Crippen LogP contribution in [0, 0.1) is 0 Å². The lowest BCUT2D eigenvalue weighted by Gasteiger charge is -2.31. The summed E-state index contributed by atoms with van der Waals surface area (Å²) < 4.78 is 0. The summed E-state index contributed by atoms with van der Waals surface area (Å²) >= 11 is 1.61. The van der Waals surface area contributed by atoms with Crippen LogP contribution in [0.2, 0.25) is 0 Å². The van der Waals surface area contributed by atoms with Crippen molar-refractivity contribution in [1.29, 1.82) is 0 Å². The Balaban J connectivity index is 2.82. The average Bonchev–Trinajstić information content (AvgIpc) is 2.68. The van der Waals surface area contributed by atoms with Crippen LogP contribution in [0.1, 0.15) is 38.3 Å². The van der Waals surface area contributed by atoms with Crippen LogP contribution in [0.25, 0.3) is 0 Å². The molecule has 0 aliphatic carbocycles. The van der Waals surface area contributed by atoms with E-state index in [2.05, 4.69) is 0 Å². The lowest BCUT2D eigenvalue weighted by molar-refractivity contribution is 0.00580. The van der Waals surface area contributed by atoms with Gasteiger partial charge in [-0.3, -0.25) is 0 Å². The number of hydrogen-bond donors (Lipinski definition) is 2. The van der Waals surface area contributed by atoms with Gasteiger partial charge in [-0.15, -0.1) is 0 Å². The van der Waals surface area contributed by atoms with Crippen LogP contribution in [-0.4, -0.2) is 10.7 Å². The van der Waals surface area contributed by atoms with Crippen LogP contribution >= 0.6 is 11.3 Å². The van der Waals surface area contributed by atoms with Crippen molar-refractivity contribution < 1.29 is 5.11 Å². The highest BCUT2D eigenvalue weighted by Gasteiger charge is 2.31. The first-order valence-corrected chi connectivity index (χ1v) is 5.58. The molecule has 0 fully saturated rings. The van der Waals surface area contributed by atoms with Gasteiger partial charge in [-0.05, 0) is 35.2 Å². The fourth-order valence-electron chi connectivity index (χ4n) is 1.45. The molecule has 13 heavy (non-hydrogen) atoms. The molecule has 0 saturated heterocycles. The topological polar surface area (TPSA) is 46.2 Å². The second-order valence-electron chi connectivity index (χ2n) is 3.35. The van der Waals surface area contributed by atoms with Gasteiger partial charge in [-0.1, -0.05) is 13.8 Å². The molecule has 1 unspecified atom stereocenters. The molecular formula is C10H17NOS. The van der Waals surface area contributed by atoms with Crippen LogP contribution in [0.15, 0.2) is 16.8 Å². The molecule has 2 nitrogen and oxygen atoms in total. The number of aliphatic hydroxyl groups is 1. The summed E-state index contributed by atoms with van der Waals surface area (Å²) in [7, 11) is 0. The van der Waals surface area contributed by atoms with Gasteiger partial charge in [0.25, 0.3) is 0 Å². The fraction of sp³-hybridized carbons (Fsp3) is 0.600. The highest BCUT2D eigenvalue weighted by Crippen LogP contribution is 2.30. The maximum Gasteiger partial charge on any atom is 0.0834 e. The molecule has 0 spiro atoms. The van der Waals surface area contributed by atoms with Gasteiger partial charge in [0, 0.05) is 0 Å². The summed E-state index contributed by atoms with van der Waals surface area (Å²) in [5.41, 5.74) is 6.28. The zero-order chi connectivity index (χ0) is 9.90. The van der Waals surface area contributed by atoms with Gasteiger partial charge in [0.15, 0.2) is 0 Å². The predicted octanol–water partition coefficient (Wildman–Crippen LogP) is 2.30. The van der Waals surface area contributed by atoms with E-state index in [0.29, 0.717) is 12.8 Å². The number of thiophene rings is 1. The first kappa shape index (κ1) is 10.7. The monoisotopic (exact) mass is 199 g/mol. The Morgan fingerprint density at radius 2 is 2.15 bits per heavy atom. The van der Waals surface area contributed by atoms with E-state index in [-0.39, 0.29) is 6.04 Å². The molecule has 1 aromatic rings. The minimum Gasteiger partial charge on any atom is -0.388 e. The van der Waals surface area contributed by atoms with Crippen molar-refractivity contribution in [3.63, 3.8) is 0 Å². The first-order chi connectivity index (χ1) is 6.14. The van der Waals surface area contributed by atoms with E-state index in [9.17, 15) is 5.11 Å². The molecule has 1 heterocycles. The van der Waals surface area contributed by atoms with Crippen molar-refractivity contribution in [2.24, 2.45) is 5.73 Å².